The first-order valence-electron chi connectivity index (χ1n) is 4.10. The highest BCUT2D eigenvalue weighted by atomic mass is 32.1. The van der Waals surface area contributed by atoms with Crippen LogP contribution in [0.1, 0.15) is 5.56 Å². The summed E-state index contributed by atoms with van der Waals surface area (Å²) < 4.78 is 27.4. The first-order chi connectivity index (χ1) is 7.09. The van der Waals surface area contributed by atoms with Crippen LogP contribution >= 0.6 is 23.6 Å². The smallest absolute Gasteiger partial charge is 0.176 e. The van der Waals surface area contributed by atoms with Crippen LogP contribution in [0.3, 0.4) is 0 Å². The van der Waals surface area contributed by atoms with Crippen LogP contribution in [-0.2, 0) is 0 Å². The van der Waals surface area contributed by atoms with E-state index in [2.05, 4.69) is 10.2 Å². The second-order valence-corrected chi connectivity index (χ2v) is 4.64. The van der Waals surface area contributed by atoms with Crippen LogP contribution in [0, 0.1) is 22.5 Å². The second kappa shape index (κ2) is 3.79. The first-order valence-corrected chi connectivity index (χ1v) is 5.32. The van der Waals surface area contributed by atoms with Gasteiger partial charge in [-0.2, -0.15) is 5.10 Å². The molecule has 1 aromatic carbocycles. The van der Waals surface area contributed by atoms with Gasteiger partial charge in [0, 0.05) is 0 Å². The van der Waals surface area contributed by atoms with Crippen molar-refractivity contribution in [2.45, 2.75) is 6.92 Å². The lowest BCUT2D eigenvalue weighted by Gasteiger charge is -2.02. The molecule has 0 atom stereocenters. The molecular weight excluding hydrogens is 238 g/mol. The predicted octanol–water partition coefficient (Wildman–Crippen LogP) is 3.45. The van der Waals surface area contributed by atoms with Crippen LogP contribution in [0.25, 0.3) is 10.6 Å². The highest BCUT2D eigenvalue weighted by Crippen LogP contribution is 2.29. The van der Waals surface area contributed by atoms with Gasteiger partial charge < -0.3 is 0 Å². The van der Waals surface area contributed by atoms with Crippen LogP contribution in [0.5, 0.6) is 0 Å². The van der Waals surface area contributed by atoms with E-state index in [1.165, 1.54) is 12.1 Å². The zero-order valence-electron chi connectivity index (χ0n) is 7.67. The number of nitrogens with zero attached hydrogens (tertiary/aromatic N) is 1. The fourth-order valence-corrected chi connectivity index (χ4v) is 2.12. The number of hydrogen-bond donors (Lipinski definition) is 1. The number of hydrogen-bond acceptors (Lipinski definition) is 3. The fourth-order valence-electron chi connectivity index (χ4n) is 1.19. The van der Waals surface area contributed by atoms with E-state index in [1.807, 2.05) is 0 Å². The molecule has 0 saturated heterocycles. The molecule has 6 heteroatoms. The molecule has 78 valence electrons. The topological polar surface area (TPSA) is 28.7 Å². The van der Waals surface area contributed by atoms with Gasteiger partial charge in [-0.05, 0) is 30.8 Å². The van der Waals surface area contributed by atoms with Crippen molar-refractivity contribution in [2.24, 2.45) is 0 Å². The van der Waals surface area contributed by atoms with Gasteiger partial charge in [0.05, 0.1) is 5.56 Å². The molecule has 0 unspecified atom stereocenters. The lowest BCUT2D eigenvalue weighted by molar-refractivity contribution is 0.583. The molecule has 1 aromatic heterocycles. The van der Waals surface area contributed by atoms with Crippen molar-refractivity contribution in [2.75, 3.05) is 0 Å². The molecule has 0 amide bonds. The zero-order chi connectivity index (χ0) is 11.0. The van der Waals surface area contributed by atoms with Crippen molar-refractivity contribution in [3.05, 3.63) is 33.3 Å². The minimum Gasteiger partial charge on any atom is -0.258 e. The third kappa shape index (κ3) is 1.82. The largest absolute Gasteiger partial charge is 0.258 e. The zero-order valence-corrected chi connectivity index (χ0v) is 9.31. The minimum absolute atomic E-state index is 0.118. The van der Waals surface area contributed by atoms with Crippen molar-refractivity contribution in [1.29, 1.82) is 0 Å². The number of benzene rings is 1. The summed E-state index contributed by atoms with van der Waals surface area (Å²) >= 11 is 5.85. The van der Waals surface area contributed by atoms with Crippen molar-refractivity contribution in [1.82, 2.24) is 10.2 Å². The summed E-state index contributed by atoms with van der Waals surface area (Å²) in [6.45, 7) is 1.57. The standard InChI is InChI=1S/C9H6F2N2S2/c1-4-2-3-5(10)6(7(4)11)8-12-13-9(14)15-8/h2-3H,1H3,(H,13,14). The molecule has 0 bridgehead atoms. The lowest BCUT2D eigenvalue weighted by Crippen LogP contribution is -1.92. The maximum atomic E-state index is 13.6. The third-order valence-corrected chi connectivity index (χ3v) is 3.04. The summed E-state index contributed by atoms with van der Waals surface area (Å²) in [7, 11) is 0. The van der Waals surface area contributed by atoms with E-state index in [0.29, 0.717) is 9.52 Å². The van der Waals surface area contributed by atoms with Crippen LogP contribution in [0.4, 0.5) is 8.78 Å². The van der Waals surface area contributed by atoms with Gasteiger partial charge in [0.15, 0.2) is 8.96 Å². The molecule has 1 N–H and O–H groups in total. The van der Waals surface area contributed by atoms with E-state index >= 15 is 0 Å². The average molecular weight is 244 g/mol. The number of rotatable bonds is 1. The molecule has 0 spiro atoms. The molecule has 2 rings (SSSR count). The summed E-state index contributed by atoms with van der Waals surface area (Å²) in [4.78, 5) is 0. The molecule has 2 nitrogen and oxygen atoms in total. The predicted molar refractivity (Wildman–Crippen MR) is 57.4 cm³/mol. The summed E-state index contributed by atoms with van der Waals surface area (Å²) in [5, 5.41) is 6.48. The van der Waals surface area contributed by atoms with Gasteiger partial charge in [-0.15, -0.1) is 0 Å². The van der Waals surface area contributed by atoms with E-state index < -0.39 is 11.6 Å². The second-order valence-electron chi connectivity index (χ2n) is 2.97. The number of nitrogens with one attached hydrogen (secondary N) is 1. The van der Waals surface area contributed by atoms with Crippen molar-refractivity contribution < 1.29 is 8.78 Å². The highest BCUT2D eigenvalue weighted by Gasteiger charge is 2.16. The highest BCUT2D eigenvalue weighted by molar-refractivity contribution is 7.73. The van der Waals surface area contributed by atoms with Crippen LogP contribution in [0.15, 0.2) is 12.1 Å². The van der Waals surface area contributed by atoms with Gasteiger partial charge in [-0.25, -0.2) is 8.78 Å². The molecule has 0 aliphatic carbocycles. The van der Waals surface area contributed by atoms with Crippen molar-refractivity contribution in [3.8, 4) is 10.6 Å². The van der Waals surface area contributed by atoms with Crippen LogP contribution in [-0.4, -0.2) is 10.2 Å². The van der Waals surface area contributed by atoms with Crippen molar-refractivity contribution >= 4 is 23.6 Å². The minimum atomic E-state index is -0.629. The maximum absolute atomic E-state index is 13.6. The normalized spacial score (nSPS) is 10.6. The van der Waals surface area contributed by atoms with Crippen molar-refractivity contribution in [3.63, 3.8) is 0 Å². The quantitative estimate of drug-likeness (QED) is 0.778. The van der Waals surface area contributed by atoms with E-state index in [0.717, 1.165) is 11.3 Å². The Morgan fingerprint density at radius 3 is 2.73 bits per heavy atom. The monoisotopic (exact) mass is 244 g/mol. The average Bonchev–Trinajstić information content (AvgIpc) is 2.59. The van der Waals surface area contributed by atoms with Gasteiger partial charge in [0.2, 0.25) is 0 Å². The van der Waals surface area contributed by atoms with E-state index in [4.69, 9.17) is 12.2 Å². The Balaban J connectivity index is 2.71. The van der Waals surface area contributed by atoms with E-state index in [-0.39, 0.29) is 10.6 Å². The molecule has 15 heavy (non-hydrogen) atoms. The van der Waals surface area contributed by atoms with Gasteiger partial charge >= 0.3 is 0 Å². The van der Waals surface area contributed by atoms with Gasteiger partial charge in [-0.1, -0.05) is 17.4 Å². The molecule has 1 heterocycles. The molecule has 0 saturated carbocycles. The summed E-state index contributed by atoms with van der Waals surface area (Å²) in [5.74, 6) is -1.22. The summed E-state index contributed by atoms with van der Waals surface area (Å²) in [6.07, 6.45) is 0. The lowest BCUT2D eigenvalue weighted by atomic mass is 10.1. The number of halogens is 2. The first kappa shape index (κ1) is 10.4. The molecule has 0 radical (unpaired) electrons. The molecule has 0 aliphatic heterocycles. The Kier molecular flexibility index (Phi) is 2.62. The van der Waals surface area contributed by atoms with E-state index in [9.17, 15) is 8.78 Å². The van der Waals surface area contributed by atoms with Crippen LogP contribution in [0.2, 0.25) is 0 Å². The third-order valence-electron chi connectivity index (χ3n) is 1.94. The SMILES string of the molecule is Cc1ccc(F)c(-c2n[nH]c(=S)s2)c1F. The molecule has 0 aliphatic rings. The Labute approximate surface area is 93.6 Å². The summed E-state index contributed by atoms with van der Waals surface area (Å²) in [5.41, 5.74) is 0.264. The summed E-state index contributed by atoms with van der Waals surface area (Å²) in [6, 6.07) is 2.61. The molecular formula is C9H6F2N2S2. The molecule has 0 fully saturated rings. The van der Waals surface area contributed by atoms with Gasteiger partial charge in [-0.3, -0.25) is 5.10 Å². The Hall–Kier alpha value is -1.14. The van der Waals surface area contributed by atoms with Gasteiger partial charge in [0.25, 0.3) is 0 Å². The number of aromatic amines is 1. The number of H-pyrrole nitrogens is 1. The number of aromatic nitrogens is 2. The Morgan fingerprint density at radius 2 is 2.13 bits per heavy atom. The van der Waals surface area contributed by atoms with E-state index in [1.54, 1.807) is 6.92 Å². The van der Waals surface area contributed by atoms with Gasteiger partial charge in [0.1, 0.15) is 11.6 Å². The Bertz CT molecular complexity index is 559. The van der Waals surface area contributed by atoms with Crippen LogP contribution < -0.4 is 0 Å². The fraction of sp³-hybridized carbons (Fsp3) is 0.111. The maximum Gasteiger partial charge on any atom is 0.176 e. The molecule has 2 aromatic rings. The number of aryl methyl sites for hydroxylation is 1. The Morgan fingerprint density at radius 1 is 1.40 bits per heavy atom.